The highest BCUT2D eigenvalue weighted by atomic mass is 35.5. The second-order valence-electron chi connectivity index (χ2n) is 7.62. The fourth-order valence-corrected chi connectivity index (χ4v) is 4.22. The van der Waals surface area contributed by atoms with Gasteiger partial charge in [0.2, 0.25) is 0 Å². The summed E-state index contributed by atoms with van der Waals surface area (Å²) in [5, 5.41) is 1.77. The Kier molecular flexibility index (Phi) is 6.14. The molecule has 1 N–H and O–H groups in total. The summed E-state index contributed by atoms with van der Waals surface area (Å²) in [6, 6.07) is 11.3. The number of rotatable bonds is 5. The number of benzene rings is 2. The van der Waals surface area contributed by atoms with Crippen molar-refractivity contribution >= 4 is 39.7 Å². The third-order valence-electron chi connectivity index (χ3n) is 5.72. The Labute approximate surface area is 184 Å². The molecular weight excluding hydrogens is 421 g/mol. The van der Waals surface area contributed by atoms with Gasteiger partial charge in [0.1, 0.15) is 0 Å². The molecule has 2 aromatic carbocycles. The molecule has 0 atom stereocenters. The summed E-state index contributed by atoms with van der Waals surface area (Å²) < 4.78 is 1.29. The Bertz CT molecular complexity index is 1230. The quantitative estimate of drug-likeness (QED) is 0.631. The third kappa shape index (κ3) is 4.24. The van der Waals surface area contributed by atoms with E-state index in [4.69, 9.17) is 23.2 Å². The lowest BCUT2D eigenvalue weighted by atomic mass is 9.99. The molecule has 0 radical (unpaired) electrons. The maximum absolute atomic E-state index is 12.8. The molecule has 1 aromatic heterocycles. The lowest BCUT2D eigenvalue weighted by molar-refractivity contribution is 0.290. The summed E-state index contributed by atoms with van der Waals surface area (Å²) in [7, 11) is 0. The van der Waals surface area contributed by atoms with Gasteiger partial charge in [0.25, 0.3) is 5.56 Å². The van der Waals surface area contributed by atoms with Crippen molar-refractivity contribution in [2.24, 2.45) is 0 Å². The molecule has 0 unspecified atom stereocenters. The number of aryl methyl sites for hydroxylation is 1. The van der Waals surface area contributed by atoms with Crippen molar-refractivity contribution in [3.05, 3.63) is 84.5 Å². The van der Waals surface area contributed by atoms with Gasteiger partial charge in [-0.15, -0.1) is 0 Å². The van der Waals surface area contributed by atoms with Crippen LogP contribution in [0.15, 0.2) is 52.1 Å². The number of H-pyrrole nitrogens is 1. The van der Waals surface area contributed by atoms with Crippen LogP contribution in [0.4, 0.5) is 0 Å². The lowest BCUT2D eigenvalue weighted by Crippen LogP contribution is -2.37. The first-order valence-electron chi connectivity index (χ1n) is 10.0. The van der Waals surface area contributed by atoms with E-state index in [9.17, 15) is 9.59 Å². The Morgan fingerprint density at radius 1 is 1.03 bits per heavy atom. The van der Waals surface area contributed by atoms with E-state index in [1.807, 2.05) is 12.1 Å². The van der Waals surface area contributed by atoms with Crippen molar-refractivity contribution in [1.29, 1.82) is 0 Å². The van der Waals surface area contributed by atoms with Crippen molar-refractivity contribution in [2.45, 2.75) is 26.3 Å². The van der Waals surface area contributed by atoms with E-state index < -0.39 is 0 Å². The van der Waals surface area contributed by atoms with Crippen LogP contribution in [0.3, 0.4) is 0 Å². The number of hydrogen-bond acceptors (Lipinski definition) is 3. The zero-order valence-corrected chi connectivity index (χ0v) is 18.3. The van der Waals surface area contributed by atoms with Gasteiger partial charge in [-0.1, -0.05) is 41.4 Å². The Morgan fingerprint density at radius 3 is 2.50 bits per heavy atom. The number of aromatic nitrogens is 2. The molecule has 2 heterocycles. The minimum absolute atomic E-state index is 0.267. The normalized spacial score (nSPS) is 14.8. The second-order valence-corrected chi connectivity index (χ2v) is 8.47. The summed E-state index contributed by atoms with van der Waals surface area (Å²) in [5.74, 6) is 0. The van der Waals surface area contributed by atoms with Crippen LogP contribution in [0, 0.1) is 6.92 Å². The molecule has 0 bridgehead atoms. The average Bonchev–Trinajstić information content (AvgIpc) is 2.74. The largest absolute Gasteiger partial charge is 0.328 e. The minimum atomic E-state index is -0.388. The fraction of sp³-hybridized carbons (Fsp3) is 0.304. The van der Waals surface area contributed by atoms with Crippen molar-refractivity contribution in [3.8, 4) is 0 Å². The van der Waals surface area contributed by atoms with Crippen LogP contribution in [0.25, 0.3) is 16.5 Å². The van der Waals surface area contributed by atoms with Gasteiger partial charge in [-0.2, -0.15) is 0 Å². The molecule has 0 aliphatic carbocycles. The molecule has 1 aliphatic rings. The van der Waals surface area contributed by atoms with Crippen molar-refractivity contribution in [2.75, 3.05) is 19.6 Å². The minimum Gasteiger partial charge on any atom is -0.306 e. The van der Waals surface area contributed by atoms with Crippen LogP contribution >= 0.6 is 23.2 Å². The van der Waals surface area contributed by atoms with Gasteiger partial charge in [0, 0.05) is 36.2 Å². The third-order valence-corrected chi connectivity index (χ3v) is 6.38. The first-order chi connectivity index (χ1) is 14.4. The molecule has 30 heavy (non-hydrogen) atoms. The first-order valence-corrected chi connectivity index (χ1v) is 10.8. The number of fused-ring (bicyclic) bond motifs is 1. The summed E-state index contributed by atoms with van der Waals surface area (Å²) in [6.07, 6.45) is 3.94. The highest BCUT2D eigenvalue weighted by Gasteiger charge is 2.14. The smallest absolute Gasteiger partial charge is 0.306 e. The van der Waals surface area contributed by atoms with Crippen LogP contribution in [-0.2, 0) is 6.54 Å². The van der Waals surface area contributed by atoms with Gasteiger partial charge in [-0.05, 0) is 60.7 Å². The van der Waals surface area contributed by atoms with E-state index in [0.29, 0.717) is 28.0 Å². The number of hydrogen-bond donors (Lipinski definition) is 1. The molecule has 3 aromatic rings. The van der Waals surface area contributed by atoms with Gasteiger partial charge in [0.15, 0.2) is 0 Å². The molecule has 0 saturated carbocycles. The Hall–Kier alpha value is -2.34. The Balaban J connectivity index is 1.41. The summed E-state index contributed by atoms with van der Waals surface area (Å²) in [6.45, 7) is 4.82. The zero-order chi connectivity index (χ0) is 21.3. The average molecular weight is 444 g/mol. The highest BCUT2D eigenvalue weighted by molar-refractivity contribution is 6.32. The number of aromatic amines is 1. The van der Waals surface area contributed by atoms with E-state index in [0.717, 1.165) is 37.5 Å². The molecule has 0 spiro atoms. The van der Waals surface area contributed by atoms with Gasteiger partial charge < -0.3 is 4.98 Å². The molecule has 156 valence electrons. The molecule has 1 aliphatic heterocycles. The van der Waals surface area contributed by atoms with Gasteiger partial charge in [-0.25, -0.2) is 4.79 Å². The zero-order valence-electron chi connectivity index (χ0n) is 16.8. The molecule has 7 heteroatoms. The molecule has 4 rings (SSSR count). The highest BCUT2D eigenvalue weighted by Crippen LogP contribution is 2.24. The molecular formula is C23H23Cl2N3O2. The second kappa shape index (κ2) is 8.80. The lowest BCUT2D eigenvalue weighted by Gasteiger charge is -2.26. The van der Waals surface area contributed by atoms with E-state index in [1.165, 1.54) is 15.7 Å². The number of halogens is 2. The molecule has 5 nitrogen and oxygen atoms in total. The standard InChI is InChI=1S/C23H23Cl2N3O2/c1-15-20(25)8-7-19-21(15)26-23(30)28(22(19)29)12-2-11-27-13-9-17(10-14-27)16-3-5-18(24)6-4-16/h3-9H,2,10-14H2,1H3,(H,26,30). The van der Waals surface area contributed by atoms with Crippen LogP contribution < -0.4 is 11.2 Å². The van der Waals surface area contributed by atoms with Crippen LogP contribution in [-0.4, -0.2) is 34.1 Å². The van der Waals surface area contributed by atoms with Crippen molar-refractivity contribution in [3.63, 3.8) is 0 Å². The molecule has 0 saturated heterocycles. The first kappa shape index (κ1) is 20.9. The topological polar surface area (TPSA) is 58.1 Å². The van der Waals surface area contributed by atoms with Gasteiger partial charge in [0.05, 0.1) is 10.9 Å². The summed E-state index contributed by atoms with van der Waals surface area (Å²) in [5.41, 5.74) is 3.12. The SMILES string of the molecule is Cc1c(Cl)ccc2c(=O)n(CCCN3CC=C(c4ccc(Cl)cc4)CC3)c(=O)[nH]c12. The number of nitrogens with zero attached hydrogens (tertiary/aromatic N) is 2. The maximum Gasteiger partial charge on any atom is 0.328 e. The van der Waals surface area contributed by atoms with Gasteiger partial charge in [-0.3, -0.25) is 14.3 Å². The van der Waals surface area contributed by atoms with Gasteiger partial charge >= 0.3 is 5.69 Å². The van der Waals surface area contributed by atoms with E-state index in [2.05, 4.69) is 28.1 Å². The summed E-state index contributed by atoms with van der Waals surface area (Å²) >= 11 is 12.1. The van der Waals surface area contributed by atoms with E-state index in [-0.39, 0.29) is 11.2 Å². The fourth-order valence-electron chi connectivity index (χ4n) is 3.93. The van der Waals surface area contributed by atoms with E-state index in [1.54, 1.807) is 19.1 Å². The predicted molar refractivity (Wildman–Crippen MR) is 124 cm³/mol. The summed E-state index contributed by atoms with van der Waals surface area (Å²) in [4.78, 5) is 30.4. The molecule has 0 amide bonds. The number of nitrogens with one attached hydrogen (secondary N) is 1. The van der Waals surface area contributed by atoms with Crippen LogP contribution in [0.1, 0.15) is 24.0 Å². The van der Waals surface area contributed by atoms with Crippen LogP contribution in [0.5, 0.6) is 0 Å². The maximum atomic E-state index is 12.8. The Morgan fingerprint density at radius 2 is 1.80 bits per heavy atom. The van der Waals surface area contributed by atoms with Crippen molar-refractivity contribution < 1.29 is 0 Å². The van der Waals surface area contributed by atoms with E-state index >= 15 is 0 Å². The molecule has 0 fully saturated rings. The van der Waals surface area contributed by atoms with Crippen molar-refractivity contribution in [1.82, 2.24) is 14.5 Å². The predicted octanol–water partition coefficient (Wildman–Crippen LogP) is 4.48. The monoisotopic (exact) mass is 443 g/mol. The van der Waals surface area contributed by atoms with Crippen LogP contribution in [0.2, 0.25) is 10.0 Å².